The second-order valence-corrected chi connectivity index (χ2v) is 4.32. The monoisotopic (exact) mass is 219 g/mol. The molecule has 1 amide bonds. The Labute approximate surface area is 95.2 Å². The molecule has 0 bridgehead atoms. The topological polar surface area (TPSA) is 72.3 Å². The molecular weight excluding hydrogens is 202 g/mol. The van der Waals surface area contributed by atoms with Crippen LogP contribution in [0.4, 0.5) is 11.4 Å². The van der Waals surface area contributed by atoms with Crippen LogP contribution in [0.25, 0.3) is 0 Å². The van der Waals surface area contributed by atoms with Crippen LogP contribution in [0.5, 0.6) is 0 Å². The van der Waals surface area contributed by atoms with Gasteiger partial charge in [0.1, 0.15) is 0 Å². The SMILES string of the molecule is Cc1cccc(N)c1N1CC(CN)CC1=O. The number of hydrogen-bond donors (Lipinski definition) is 2. The fraction of sp³-hybridized carbons (Fsp3) is 0.417. The van der Waals surface area contributed by atoms with Crippen LogP contribution in [-0.2, 0) is 4.79 Å². The third kappa shape index (κ3) is 1.76. The van der Waals surface area contributed by atoms with Gasteiger partial charge in [0, 0.05) is 13.0 Å². The molecule has 4 nitrogen and oxygen atoms in total. The Bertz CT molecular complexity index is 396. The van der Waals surface area contributed by atoms with Gasteiger partial charge in [-0.25, -0.2) is 0 Å². The number of benzene rings is 1. The van der Waals surface area contributed by atoms with E-state index < -0.39 is 0 Å². The van der Waals surface area contributed by atoms with Gasteiger partial charge in [-0.2, -0.15) is 0 Å². The van der Waals surface area contributed by atoms with Crippen LogP contribution in [0.1, 0.15) is 12.0 Å². The lowest BCUT2D eigenvalue weighted by atomic mass is 10.1. The van der Waals surface area contributed by atoms with Gasteiger partial charge in [0.05, 0.1) is 11.4 Å². The number of nitrogens with zero attached hydrogens (tertiary/aromatic N) is 1. The molecule has 4 N–H and O–H groups in total. The van der Waals surface area contributed by atoms with E-state index in [4.69, 9.17) is 11.5 Å². The first kappa shape index (κ1) is 11.0. The number of hydrogen-bond acceptors (Lipinski definition) is 3. The van der Waals surface area contributed by atoms with Crippen molar-refractivity contribution in [3.05, 3.63) is 23.8 Å². The van der Waals surface area contributed by atoms with Crippen LogP contribution in [0.15, 0.2) is 18.2 Å². The predicted octanol–water partition coefficient (Wildman–Crippen LogP) is 0.889. The molecule has 16 heavy (non-hydrogen) atoms. The fourth-order valence-corrected chi connectivity index (χ4v) is 2.21. The molecule has 1 aromatic rings. The van der Waals surface area contributed by atoms with Gasteiger partial charge in [-0.3, -0.25) is 4.79 Å². The van der Waals surface area contributed by atoms with E-state index in [0.717, 1.165) is 11.3 Å². The van der Waals surface area contributed by atoms with Gasteiger partial charge in [0.25, 0.3) is 0 Å². The summed E-state index contributed by atoms with van der Waals surface area (Å²) in [5.41, 5.74) is 14.1. The first-order valence-corrected chi connectivity index (χ1v) is 5.49. The number of carbonyl (C=O) groups excluding carboxylic acids is 1. The fourth-order valence-electron chi connectivity index (χ4n) is 2.21. The maximum Gasteiger partial charge on any atom is 0.227 e. The number of nitrogens with two attached hydrogens (primary N) is 2. The number of carbonyl (C=O) groups is 1. The smallest absolute Gasteiger partial charge is 0.227 e. The van der Waals surface area contributed by atoms with Crippen LogP contribution in [0, 0.1) is 12.8 Å². The maximum absolute atomic E-state index is 11.9. The first-order valence-electron chi connectivity index (χ1n) is 5.49. The molecule has 1 atom stereocenters. The van der Waals surface area contributed by atoms with Gasteiger partial charge in [-0.15, -0.1) is 0 Å². The van der Waals surface area contributed by atoms with E-state index >= 15 is 0 Å². The second-order valence-electron chi connectivity index (χ2n) is 4.32. The van der Waals surface area contributed by atoms with Crippen LogP contribution >= 0.6 is 0 Å². The molecule has 0 aliphatic carbocycles. The third-order valence-corrected chi connectivity index (χ3v) is 3.08. The van der Waals surface area contributed by atoms with Crippen molar-refractivity contribution in [1.29, 1.82) is 0 Å². The van der Waals surface area contributed by atoms with Crippen molar-refractivity contribution in [2.75, 3.05) is 23.7 Å². The van der Waals surface area contributed by atoms with Crippen LogP contribution in [-0.4, -0.2) is 19.0 Å². The van der Waals surface area contributed by atoms with E-state index in [2.05, 4.69) is 0 Å². The summed E-state index contributed by atoms with van der Waals surface area (Å²) in [7, 11) is 0. The Morgan fingerprint density at radius 3 is 2.81 bits per heavy atom. The zero-order chi connectivity index (χ0) is 11.7. The van der Waals surface area contributed by atoms with Crippen molar-refractivity contribution >= 4 is 17.3 Å². The zero-order valence-corrected chi connectivity index (χ0v) is 9.44. The van der Waals surface area contributed by atoms with Gasteiger partial charge >= 0.3 is 0 Å². The molecule has 0 radical (unpaired) electrons. The number of nitrogen functional groups attached to an aromatic ring is 1. The summed E-state index contributed by atoms with van der Waals surface area (Å²) in [6.07, 6.45) is 0.532. The molecule has 1 unspecified atom stereocenters. The summed E-state index contributed by atoms with van der Waals surface area (Å²) < 4.78 is 0. The highest BCUT2D eigenvalue weighted by Gasteiger charge is 2.31. The minimum absolute atomic E-state index is 0.122. The van der Waals surface area contributed by atoms with Gasteiger partial charge in [0.15, 0.2) is 0 Å². The Balaban J connectivity index is 2.35. The molecule has 2 rings (SSSR count). The highest BCUT2D eigenvalue weighted by Crippen LogP contribution is 2.32. The van der Waals surface area contributed by atoms with E-state index in [1.165, 1.54) is 0 Å². The molecule has 1 heterocycles. The predicted molar refractivity (Wildman–Crippen MR) is 65.1 cm³/mol. The Morgan fingerprint density at radius 2 is 2.25 bits per heavy atom. The molecule has 1 aliphatic rings. The summed E-state index contributed by atoms with van der Waals surface area (Å²) in [4.78, 5) is 13.6. The molecule has 1 aliphatic heterocycles. The summed E-state index contributed by atoms with van der Waals surface area (Å²) in [5.74, 6) is 0.378. The minimum atomic E-state index is 0.122. The molecule has 1 fully saturated rings. The van der Waals surface area contributed by atoms with Crippen LogP contribution in [0.3, 0.4) is 0 Å². The lowest BCUT2D eigenvalue weighted by molar-refractivity contribution is -0.117. The standard InChI is InChI=1S/C12H17N3O/c1-8-3-2-4-10(14)12(8)15-7-9(6-13)5-11(15)16/h2-4,9H,5-7,13-14H2,1H3. The van der Waals surface area contributed by atoms with Crippen molar-refractivity contribution in [3.63, 3.8) is 0 Å². The molecular formula is C12H17N3O. The molecule has 0 aromatic heterocycles. The quantitative estimate of drug-likeness (QED) is 0.725. The third-order valence-electron chi connectivity index (χ3n) is 3.08. The van der Waals surface area contributed by atoms with Gasteiger partial charge in [0.2, 0.25) is 5.91 Å². The van der Waals surface area contributed by atoms with E-state index in [1.54, 1.807) is 4.90 Å². The Morgan fingerprint density at radius 1 is 1.50 bits per heavy atom. The lowest BCUT2D eigenvalue weighted by Gasteiger charge is -2.20. The highest BCUT2D eigenvalue weighted by atomic mass is 16.2. The van der Waals surface area contributed by atoms with E-state index in [1.807, 2.05) is 25.1 Å². The normalized spacial score (nSPS) is 20.5. The molecule has 1 saturated heterocycles. The average Bonchev–Trinajstić information content (AvgIpc) is 2.60. The number of para-hydroxylation sites is 1. The summed E-state index contributed by atoms with van der Waals surface area (Å²) >= 11 is 0. The number of rotatable bonds is 2. The van der Waals surface area contributed by atoms with E-state index in [0.29, 0.717) is 25.2 Å². The number of amides is 1. The van der Waals surface area contributed by atoms with Crippen molar-refractivity contribution in [3.8, 4) is 0 Å². The second kappa shape index (κ2) is 4.14. The molecule has 0 spiro atoms. The molecule has 0 saturated carbocycles. The average molecular weight is 219 g/mol. The summed E-state index contributed by atoms with van der Waals surface area (Å²) in [6, 6.07) is 5.69. The zero-order valence-electron chi connectivity index (χ0n) is 9.44. The van der Waals surface area contributed by atoms with Crippen molar-refractivity contribution < 1.29 is 4.79 Å². The van der Waals surface area contributed by atoms with Crippen molar-refractivity contribution in [2.45, 2.75) is 13.3 Å². The Hall–Kier alpha value is -1.55. The molecule has 86 valence electrons. The van der Waals surface area contributed by atoms with E-state index in [9.17, 15) is 4.79 Å². The summed E-state index contributed by atoms with van der Waals surface area (Å²) in [5, 5.41) is 0. The first-order chi connectivity index (χ1) is 7.63. The summed E-state index contributed by atoms with van der Waals surface area (Å²) in [6.45, 7) is 3.20. The van der Waals surface area contributed by atoms with Crippen LogP contribution in [0.2, 0.25) is 0 Å². The van der Waals surface area contributed by atoms with Crippen molar-refractivity contribution in [2.24, 2.45) is 11.7 Å². The van der Waals surface area contributed by atoms with Crippen LogP contribution < -0.4 is 16.4 Å². The lowest BCUT2D eigenvalue weighted by Crippen LogP contribution is -2.27. The van der Waals surface area contributed by atoms with Gasteiger partial charge in [-0.1, -0.05) is 12.1 Å². The number of anilines is 2. The highest BCUT2D eigenvalue weighted by molar-refractivity contribution is 5.99. The molecule has 1 aromatic carbocycles. The Kier molecular flexibility index (Phi) is 2.83. The van der Waals surface area contributed by atoms with Crippen molar-refractivity contribution in [1.82, 2.24) is 0 Å². The maximum atomic E-state index is 11.9. The van der Waals surface area contributed by atoms with Gasteiger partial charge in [-0.05, 0) is 31.0 Å². The van der Waals surface area contributed by atoms with Gasteiger partial charge < -0.3 is 16.4 Å². The largest absolute Gasteiger partial charge is 0.397 e. The number of aryl methyl sites for hydroxylation is 1. The van der Waals surface area contributed by atoms with E-state index in [-0.39, 0.29) is 11.8 Å². The molecule has 4 heteroatoms. The minimum Gasteiger partial charge on any atom is -0.397 e.